The van der Waals surface area contributed by atoms with E-state index in [9.17, 15) is 14.4 Å². The van der Waals surface area contributed by atoms with E-state index in [1.165, 1.54) is 0 Å². The molecule has 2 aromatic carbocycles. The summed E-state index contributed by atoms with van der Waals surface area (Å²) >= 11 is 4.38. The van der Waals surface area contributed by atoms with Gasteiger partial charge in [0.1, 0.15) is 17.7 Å². The highest BCUT2D eigenvalue weighted by Crippen LogP contribution is 2.35. The molecule has 8 heteroatoms. The first-order valence-electron chi connectivity index (χ1n) is 13.0. The van der Waals surface area contributed by atoms with Gasteiger partial charge in [-0.15, -0.1) is 0 Å². The first-order valence-corrected chi connectivity index (χ1v) is 13.6. The minimum absolute atomic E-state index is 0.0351. The van der Waals surface area contributed by atoms with Gasteiger partial charge < -0.3 is 20.3 Å². The van der Waals surface area contributed by atoms with E-state index in [-0.39, 0.29) is 11.7 Å². The van der Waals surface area contributed by atoms with Crippen LogP contribution >= 0.6 is 12.6 Å². The lowest BCUT2D eigenvalue weighted by Crippen LogP contribution is -2.59. The quantitative estimate of drug-likeness (QED) is 0.333. The molecule has 2 rings (SSSR count). The number of rotatable bonds is 9. The summed E-state index contributed by atoms with van der Waals surface area (Å²) in [5.74, 6) is -0.716. The van der Waals surface area contributed by atoms with Crippen LogP contribution in [-0.4, -0.2) is 45.7 Å². The number of ether oxygens (including phenoxy) is 1. The number of hydrogen-bond acceptors (Lipinski definition) is 5. The average molecular weight is 542 g/mol. The SMILES string of the molecule is CCC(C)(C)N(C(=O)C(CS)NC(=O)OC(C)(C)C)C(C(=O)Nc1ccccc1C)c1ccc(C)cc1C. The molecule has 38 heavy (non-hydrogen) atoms. The van der Waals surface area contributed by atoms with Gasteiger partial charge in [-0.05, 0) is 84.6 Å². The molecule has 0 aromatic heterocycles. The normalized spacial score (nSPS) is 13.3. The van der Waals surface area contributed by atoms with E-state index in [1.807, 2.05) is 84.0 Å². The van der Waals surface area contributed by atoms with Gasteiger partial charge in [0.25, 0.3) is 5.91 Å². The van der Waals surface area contributed by atoms with Crippen LogP contribution in [0.4, 0.5) is 10.5 Å². The number of nitrogens with one attached hydrogen (secondary N) is 2. The Morgan fingerprint density at radius 3 is 2.13 bits per heavy atom. The van der Waals surface area contributed by atoms with E-state index >= 15 is 0 Å². The lowest BCUT2D eigenvalue weighted by molar-refractivity contribution is -0.147. The van der Waals surface area contributed by atoms with Gasteiger partial charge in [-0.3, -0.25) is 9.59 Å². The van der Waals surface area contributed by atoms with Crippen LogP contribution in [0.15, 0.2) is 42.5 Å². The predicted octanol–water partition coefficient (Wildman–Crippen LogP) is 6.13. The summed E-state index contributed by atoms with van der Waals surface area (Å²) in [4.78, 5) is 42.5. The number of nitrogens with zero attached hydrogens (tertiary/aromatic N) is 1. The molecule has 0 saturated carbocycles. The van der Waals surface area contributed by atoms with Crippen LogP contribution in [0.1, 0.15) is 76.3 Å². The smallest absolute Gasteiger partial charge is 0.408 e. The summed E-state index contributed by atoms with van der Waals surface area (Å²) in [5.41, 5.74) is 2.77. The summed E-state index contributed by atoms with van der Waals surface area (Å²) < 4.78 is 5.39. The molecule has 0 fully saturated rings. The fourth-order valence-corrected chi connectivity index (χ4v) is 4.44. The second-order valence-electron chi connectivity index (χ2n) is 11.3. The van der Waals surface area contributed by atoms with Gasteiger partial charge >= 0.3 is 6.09 Å². The van der Waals surface area contributed by atoms with Crippen molar-refractivity contribution in [2.24, 2.45) is 0 Å². The second kappa shape index (κ2) is 12.7. The van der Waals surface area contributed by atoms with Crippen molar-refractivity contribution in [1.29, 1.82) is 0 Å². The number of carbonyl (C=O) groups excluding carboxylic acids is 3. The standard InChI is InChI=1S/C30H43N3O4S/c1-10-30(8,9)33(27(35)24(18-38)32-28(36)37-29(5,6)7)25(22-16-15-19(2)17-21(22)4)26(34)31-23-14-12-11-13-20(23)3/h11-17,24-25,38H,10,18H2,1-9H3,(H,31,34)(H,32,36). The third kappa shape index (κ3) is 8.00. The minimum atomic E-state index is -1.00. The predicted molar refractivity (Wildman–Crippen MR) is 157 cm³/mol. The Labute approximate surface area is 233 Å². The van der Waals surface area contributed by atoms with Gasteiger partial charge in [-0.25, -0.2) is 4.79 Å². The number of aryl methyl sites for hydroxylation is 3. The van der Waals surface area contributed by atoms with Crippen LogP contribution in [0.3, 0.4) is 0 Å². The number of benzene rings is 2. The Morgan fingerprint density at radius 1 is 0.974 bits per heavy atom. The number of hydrogen-bond donors (Lipinski definition) is 3. The van der Waals surface area contributed by atoms with Crippen molar-refractivity contribution in [2.45, 2.75) is 92.0 Å². The van der Waals surface area contributed by atoms with E-state index in [0.717, 1.165) is 16.7 Å². The topological polar surface area (TPSA) is 87.7 Å². The highest BCUT2D eigenvalue weighted by Gasteiger charge is 2.43. The highest BCUT2D eigenvalue weighted by molar-refractivity contribution is 7.80. The summed E-state index contributed by atoms with van der Waals surface area (Å²) in [6.45, 7) is 16.9. The number of amides is 3. The van der Waals surface area contributed by atoms with Crippen LogP contribution in [0, 0.1) is 20.8 Å². The van der Waals surface area contributed by atoms with Crippen LogP contribution < -0.4 is 10.6 Å². The molecule has 2 aromatic rings. The zero-order valence-electron chi connectivity index (χ0n) is 24.1. The van der Waals surface area contributed by atoms with Crippen LogP contribution in [0.25, 0.3) is 0 Å². The molecular weight excluding hydrogens is 498 g/mol. The fraction of sp³-hybridized carbons (Fsp3) is 0.500. The Kier molecular flexibility index (Phi) is 10.4. The highest BCUT2D eigenvalue weighted by atomic mass is 32.1. The molecule has 0 spiro atoms. The van der Waals surface area contributed by atoms with Crippen LogP contribution in [0.5, 0.6) is 0 Å². The van der Waals surface area contributed by atoms with E-state index in [4.69, 9.17) is 4.74 Å². The van der Waals surface area contributed by atoms with Crippen molar-refractivity contribution >= 4 is 36.2 Å². The molecular formula is C30H43N3O4S. The summed E-state index contributed by atoms with van der Waals surface area (Å²) in [5, 5.41) is 5.71. The maximum Gasteiger partial charge on any atom is 0.408 e. The summed E-state index contributed by atoms with van der Waals surface area (Å²) in [7, 11) is 0. The molecule has 208 valence electrons. The molecule has 0 bridgehead atoms. The van der Waals surface area contributed by atoms with Crippen molar-refractivity contribution in [3.05, 3.63) is 64.7 Å². The van der Waals surface area contributed by atoms with Crippen LogP contribution in [0.2, 0.25) is 0 Å². The minimum Gasteiger partial charge on any atom is -0.444 e. The molecule has 3 amide bonds. The van der Waals surface area contributed by atoms with E-state index in [2.05, 4.69) is 23.3 Å². The Hall–Kier alpha value is -3.00. The van der Waals surface area contributed by atoms with E-state index in [0.29, 0.717) is 17.7 Å². The van der Waals surface area contributed by atoms with Gasteiger partial charge in [0, 0.05) is 17.0 Å². The van der Waals surface area contributed by atoms with Crippen molar-refractivity contribution in [3.63, 3.8) is 0 Å². The second-order valence-corrected chi connectivity index (χ2v) is 11.7. The zero-order chi connectivity index (χ0) is 28.8. The number of alkyl carbamates (subject to hydrolysis) is 1. The molecule has 2 unspecified atom stereocenters. The third-order valence-electron chi connectivity index (χ3n) is 6.56. The van der Waals surface area contributed by atoms with E-state index in [1.54, 1.807) is 25.7 Å². The van der Waals surface area contributed by atoms with Gasteiger partial charge in [0.05, 0.1) is 0 Å². The number of anilines is 1. The van der Waals surface area contributed by atoms with Crippen molar-refractivity contribution in [2.75, 3.05) is 11.1 Å². The maximum absolute atomic E-state index is 14.2. The van der Waals surface area contributed by atoms with Gasteiger partial charge in [-0.1, -0.05) is 48.9 Å². The number of para-hydroxylation sites is 1. The molecule has 0 radical (unpaired) electrons. The van der Waals surface area contributed by atoms with Crippen molar-refractivity contribution in [1.82, 2.24) is 10.2 Å². The fourth-order valence-electron chi connectivity index (χ4n) is 4.19. The van der Waals surface area contributed by atoms with Crippen molar-refractivity contribution < 1.29 is 19.1 Å². The molecule has 0 aliphatic heterocycles. The first-order chi connectivity index (χ1) is 17.6. The first kappa shape index (κ1) is 31.2. The van der Waals surface area contributed by atoms with Crippen molar-refractivity contribution in [3.8, 4) is 0 Å². The molecule has 0 saturated heterocycles. The molecule has 7 nitrogen and oxygen atoms in total. The average Bonchev–Trinajstić information content (AvgIpc) is 2.81. The molecule has 0 aliphatic carbocycles. The molecule has 2 atom stereocenters. The van der Waals surface area contributed by atoms with E-state index < -0.39 is 35.2 Å². The Bertz CT molecular complexity index is 1160. The summed E-state index contributed by atoms with van der Waals surface area (Å²) in [6.07, 6.45) is -0.143. The Morgan fingerprint density at radius 2 is 1.61 bits per heavy atom. The van der Waals surface area contributed by atoms with Gasteiger partial charge in [0.2, 0.25) is 5.91 Å². The number of carbonyl (C=O) groups is 3. The third-order valence-corrected chi connectivity index (χ3v) is 6.92. The maximum atomic E-state index is 14.2. The van der Waals surface area contributed by atoms with Gasteiger partial charge in [-0.2, -0.15) is 12.6 Å². The lowest BCUT2D eigenvalue weighted by Gasteiger charge is -2.45. The molecule has 0 heterocycles. The zero-order valence-corrected chi connectivity index (χ0v) is 25.0. The Balaban J connectivity index is 2.64. The largest absolute Gasteiger partial charge is 0.444 e. The monoisotopic (exact) mass is 541 g/mol. The number of thiol groups is 1. The molecule has 0 aliphatic rings. The van der Waals surface area contributed by atoms with Crippen LogP contribution in [-0.2, 0) is 14.3 Å². The lowest BCUT2D eigenvalue weighted by atomic mass is 9.90. The van der Waals surface area contributed by atoms with Gasteiger partial charge in [0.15, 0.2) is 0 Å². The molecule has 2 N–H and O–H groups in total. The summed E-state index contributed by atoms with van der Waals surface area (Å²) in [6, 6.07) is 11.4.